The highest BCUT2D eigenvalue weighted by molar-refractivity contribution is 5.89. The molecule has 2 heterocycles. The number of rotatable bonds is 7. The number of benzene rings is 3. The van der Waals surface area contributed by atoms with Gasteiger partial charge in [0.05, 0.1) is 42.7 Å². The van der Waals surface area contributed by atoms with Gasteiger partial charge in [0.15, 0.2) is 6.29 Å². The number of aromatic nitrogens is 2. The summed E-state index contributed by atoms with van der Waals surface area (Å²) in [6, 6.07) is 23.2. The lowest BCUT2D eigenvalue weighted by atomic mass is 9.90. The molecule has 192 valence electrons. The van der Waals surface area contributed by atoms with Crippen molar-refractivity contribution in [3.05, 3.63) is 95.8 Å². The van der Waals surface area contributed by atoms with E-state index in [0.717, 1.165) is 27.7 Å². The van der Waals surface area contributed by atoms with Crippen molar-refractivity contribution in [2.45, 2.75) is 45.5 Å². The molecule has 0 bridgehead atoms. The van der Waals surface area contributed by atoms with Crippen molar-refractivity contribution < 1.29 is 19.4 Å². The highest BCUT2D eigenvalue weighted by Crippen LogP contribution is 2.42. The van der Waals surface area contributed by atoms with Gasteiger partial charge in [-0.2, -0.15) is 0 Å². The summed E-state index contributed by atoms with van der Waals surface area (Å²) in [5.41, 5.74) is 5.46. The van der Waals surface area contributed by atoms with E-state index in [-0.39, 0.29) is 30.8 Å². The first-order chi connectivity index (χ1) is 18.1. The van der Waals surface area contributed by atoms with Gasteiger partial charge in [-0.25, -0.2) is 9.78 Å². The lowest BCUT2D eigenvalue weighted by Gasteiger charge is -2.41. The normalized spacial score (nSPS) is 21.6. The van der Waals surface area contributed by atoms with Gasteiger partial charge in [-0.05, 0) is 42.3 Å². The molecule has 37 heavy (non-hydrogen) atoms. The Bertz CT molecular complexity index is 1340. The number of urea groups is 1. The average Bonchev–Trinajstić information content (AvgIpc) is 3.33. The van der Waals surface area contributed by atoms with Gasteiger partial charge in [-0.15, -0.1) is 0 Å². The monoisotopic (exact) mass is 500 g/mol. The van der Waals surface area contributed by atoms with Crippen LogP contribution in [0.4, 0.5) is 10.5 Å². The topological polar surface area (TPSA) is 97.6 Å². The number of fused-ring (bicyclic) bond motifs is 1. The number of aliphatic hydroxyl groups is 1. The van der Waals surface area contributed by atoms with Gasteiger partial charge in [0, 0.05) is 23.7 Å². The molecule has 2 amide bonds. The minimum atomic E-state index is -0.586. The fraction of sp³-hybridized carbons (Fsp3) is 0.310. The first-order valence-electron chi connectivity index (χ1n) is 12.6. The number of carbonyl (C=O) groups excluding carboxylic acids is 1. The van der Waals surface area contributed by atoms with Crippen LogP contribution >= 0.6 is 0 Å². The Morgan fingerprint density at radius 1 is 1.00 bits per heavy atom. The molecule has 0 radical (unpaired) electrons. The van der Waals surface area contributed by atoms with E-state index >= 15 is 0 Å². The van der Waals surface area contributed by atoms with Crippen LogP contribution in [0.1, 0.15) is 42.9 Å². The molecule has 0 unspecified atom stereocenters. The number of ether oxygens (including phenoxy) is 2. The van der Waals surface area contributed by atoms with Gasteiger partial charge in [-0.3, -0.25) is 0 Å². The minimum absolute atomic E-state index is 0.0000846. The van der Waals surface area contributed by atoms with Crippen LogP contribution in [0.15, 0.2) is 79.1 Å². The third-order valence-corrected chi connectivity index (χ3v) is 6.81. The number of hydrogen-bond acceptors (Lipinski definition) is 5. The Kier molecular flexibility index (Phi) is 7.50. The number of para-hydroxylation sites is 2. The molecule has 0 aliphatic carbocycles. The van der Waals surface area contributed by atoms with Gasteiger partial charge < -0.3 is 29.8 Å². The van der Waals surface area contributed by atoms with Crippen molar-refractivity contribution in [2.24, 2.45) is 5.92 Å². The number of anilines is 1. The van der Waals surface area contributed by atoms with Gasteiger partial charge in [0.25, 0.3) is 0 Å². The van der Waals surface area contributed by atoms with E-state index in [1.54, 1.807) is 0 Å². The van der Waals surface area contributed by atoms with Crippen LogP contribution < -0.4 is 10.6 Å². The van der Waals surface area contributed by atoms with Crippen LogP contribution in [0.25, 0.3) is 11.0 Å². The van der Waals surface area contributed by atoms with Crippen molar-refractivity contribution in [3.8, 4) is 0 Å². The van der Waals surface area contributed by atoms with Crippen LogP contribution in [0.2, 0.25) is 0 Å². The predicted octanol–water partition coefficient (Wildman–Crippen LogP) is 5.16. The zero-order valence-corrected chi connectivity index (χ0v) is 21.0. The van der Waals surface area contributed by atoms with Crippen LogP contribution in [0.5, 0.6) is 0 Å². The van der Waals surface area contributed by atoms with Gasteiger partial charge in [0.1, 0.15) is 0 Å². The fourth-order valence-electron chi connectivity index (χ4n) is 4.74. The number of nitrogens with one attached hydrogen (secondary N) is 2. The van der Waals surface area contributed by atoms with Crippen LogP contribution in [0, 0.1) is 5.92 Å². The number of nitrogens with zero attached hydrogens (tertiary/aromatic N) is 2. The molecule has 4 aromatic rings. The molecule has 8 nitrogen and oxygen atoms in total. The fourth-order valence-corrected chi connectivity index (χ4v) is 4.74. The number of carbonyl (C=O) groups is 1. The Morgan fingerprint density at radius 2 is 1.73 bits per heavy atom. The largest absolute Gasteiger partial charge is 0.392 e. The maximum absolute atomic E-state index is 11.9. The van der Waals surface area contributed by atoms with Crippen molar-refractivity contribution in [1.29, 1.82) is 0 Å². The smallest absolute Gasteiger partial charge is 0.319 e. The third-order valence-electron chi connectivity index (χ3n) is 6.81. The molecule has 3 aromatic carbocycles. The molecule has 1 aliphatic rings. The second kappa shape index (κ2) is 11.1. The first kappa shape index (κ1) is 25.0. The Morgan fingerprint density at radius 3 is 2.46 bits per heavy atom. The van der Waals surface area contributed by atoms with E-state index < -0.39 is 6.29 Å². The van der Waals surface area contributed by atoms with Crippen LogP contribution in [-0.2, 0) is 22.6 Å². The van der Waals surface area contributed by atoms with Gasteiger partial charge in [0.2, 0.25) is 0 Å². The van der Waals surface area contributed by atoms with Gasteiger partial charge in [-0.1, -0.05) is 55.5 Å². The van der Waals surface area contributed by atoms with Crippen molar-refractivity contribution >= 4 is 22.8 Å². The molecule has 0 spiro atoms. The second-order valence-electron chi connectivity index (χ2n) is 9.31. The molecular weight excluding hydrogens is 468 g/mol. The summed E-state index contributed by atoms with van der Waals surface area (Å²) in [5, 5.41) is 15.0. The van der Waals surface area contributed by atoms with Crippen molar-refractivity contribution in [3.63, 3.8) is 0 Å². The molecule has 1 saturated heterocycles. The second-order valence-corrected chi connectivity index (χ2v) is 9.31. The molecule has 1 fully saturated rings. The summed E-state index contributed by atoms with van der Waals surface area (Å²) in [4.78, 5) is 16.4. The summed E-state index contributed by atoms with van der Waals surface area (Å²) in [7, 11) is 0. The Hall–Kier alpha value is -3.72. The van der Waals surface area contributed by atoms with Crippen molar-refractivity contribution in [2.75, 3.05) is 11.9 Å². The standard InChI is InChI=1S/C29H32N4O4/c1-3-30-29(35)32-23-14-12-22(13-15-23)28-36-26(16-33-18-31-24-6-4-5-7-25(24)33)19(2)27(37-28)21-10-8-20(17-34)9-11-21/h4-15,18-19,26-28,34H,3,16-17H2,1-2H3,(H2,30,32,35)/t19-,26+,27+,28+/m0/s1. The number of amides is 2. The third kappa shape index (κ3) is 5.51. The van der Waals surface area contributed by atoms with Crippen LogP contribution in [-0.4, -0.2) is 33.3 Å². The van der Waals surface area contributed by atoms with Crippen LogP contribution in [0.3, 0.4) is 0 Å². The molecule has 3 N–H and O–H groups in total. The molecule has 1 aliphatic heterocycles. The zero-order chi connectivity index (χ0) is 25.8. The van der Waals surface area contributed by atoms with E-state index in [2.05, 4.69) is 33.2 Å². The molecular formula is C29H32N4O4. The summed E-state index contributed by atoms with van der Waals surface area (Å²) in [6.45, 7) is 5.20. The van der Waals surface area contributed by atoms with E-state index in [1.807, 2.05) is 80.0 Å². The van der Waals surface area contributed by atoms with E-state index in [0.29, 0.717) is 18.8 Å². The summed E-state index contributed by atoms with van der Waals surface area (Å²) in [5.74, 6) is 0.0519. The average molecular weight is 501 g/mol. The van der Waals surface area contributed by atoms with E-state index in [4.69, 9.17) is 9.47 Å². The van der Waals surface area contributed by atoms with E-state index in [9.17, 15) is 9.90 Å². The molecule has 1 aromatic heterocycles. The molecule has 4 atom stereocenters. The lowest BCUT2D eigenvalue weighted by molar-refractivity contribution is -0.276. The molecule has 0 saturated carbocycles. The molecule has 5 rings (SSSR count). The lowest BCUT2D eigenvalue weighted by Crippen LogP contribution is -2.39. The maximum Gasteiger partial charge on any atom is 0.319 e. The summed E-state index contributed by atoms with van der Waals surface area (Å²) in [6.07, 6.45) is 0.918. The number of aliphatic hydroxyl groups excluding tert-OH is 1. The summed E-state index contributed by atoms with van der Waals surface area (Å²) >= 11 is 0. The highest BCUT2D eigenvalue weighted by atomic mass is 16.7. The SMILES string of the molecule is CCNC(=O)Nc1ccc([C@@H]2O[C@H](Cn3cnc4ccccc43)[C@H](C)[C@H](c3ccc(CO)cc3)O2)cc1. The number of hydrogen-bond donors (Lipinski definition) is 3. The Balaban J connectivity index is 1.42. The Labute approximate surface area is 216 Å². The quantitative estimate of drug-likeness (QED) is 0.326. The van der Waals surface area contributed by atoms with E-state index in [1.165, 1.54) is 0 Å². The maximum atomic E-state index is 11.9. The minimum Gasteiger partial charge on any atom is -0.392 e. The van der Waals surface area contributed by atoms with Crippen molar-refractivity contribution in [1.82, 2.24) is 14.9 Å². The number of imidazole rings is 1. The van der Waals surface area contributed by atoms with Gasteiger partial charge >= 0.3 is 6.03 Å². The predicted molar refractivity (Wildman–Crippen MR) is 142 cm³/mol. The highest BCUT2D eigenvalue weighted by Gasteiger charge is 2.38. The zero-order valence-electron chi connectivity index (χ0n) is 21.0. The first-order valence-corrected chi connectivity index (χ1v) is 12.6. The molecule has 8 heteroatoms. The summed E-state index contributed by atoms with van der Waals surface area (Å²) < 4.78 is 15.2.